The van der Waals surface area contributed by atoms with E-state index in [1.807, 2.05) is 67.6 Å². The number of carbonyl (C=O) groups is 2. The Morgan fingerprint density at radius 1 is 0.795 bits per heavy atom. The van der Waals surface area contributed by atoms with Crippen LogP contribution in [0.4, 0.5) is 0 Å². The van der Waals surface area contributed by atoms with Crippen LogP contribution in [-0.2, 0) is 27.1 Å². The largest absolute Gasteiger partial charge is 0.493 e. The smallest absolute Gasteiger partial charge is 0.338 e. The molecule has 5 nitrogen and oxygen atoms in total. The van der Waals surface area contributed by atoms with Crippen LogP contribution in [0, 0.1) is 5.92 Å². The van der Waals surface area contributed by atoms with Crippen LogP contribution in [0.5, 0.6) is 5.75 Å². The van der Waals surface area contributed by atoms with Crippen LogP contribution in [-0.4, -0.2) is 31.8 Å². The quantitative estimate of drug-likeness (QED) is 0.142. The highest BCUT2D eigenvalue weighted by atomic mass is 16.5. The predicted molar refractivity (Wildman–Crippen MR) is 156 cm³/mol. The van der Waals surface area contributed by atoms with Gasteiger partial charge in [-0.3, -0.25) is 4.79 Å². The number of allylic oxidation sites excluding steroid dienone is 1. The molecule has 0 heterocycles. The maximum absolute atomic E-state index is 12.0. The summed E-state index contributed by atoms with van der Waals surface area (Å²) in [7, 11) is 0. The van der Waals surface area contributed by atoms with Crippen molar-refractivity contribution in [2.45, 2.75) is 52.4 Å². The van der Waals surface area contributed by atoms with Gasteiger partial charge in [-0.05, 0) is 68.4 Å². The second-order valence-electron chi connectivity index (χ2n) is 9.41. The summed E-state index contributed by atoms with van der Waals surface area (Å²) in [6.45, 7) is 5.02. The Labute approximate surface area is 232 Å². The molecule has 0 saturated carbocycles. The average Bonchev–Trinajstić information content (AvgIpc) is 2.95. The van der Waals surface area contributed by atoms with Crippen molar-refractivity contribution in [3.63, 3.8) is 0 Å². The lowest BCUT2D eigenvalue weighted by atomic mass is 9.92. The second kappa shape index (κ2) is 16.9. The van der Waals surface area contributed by atoms with Crippen molar-refractivity contribution >= 4 is 18.0 Å². The summed E-state index contributed by atoms with van der Waals surface area (Å²) < 4.78 is 16.3. The highest BCUT2D eigenvalue weighted by Gasteiger charge is 2.11. The van der Waals surface area contributed by atoms with Gasteiger partial charge < -0.3 is 14.2 Å². The van der Waals surface area contributed by atoms with Gasteiger partial charge in [0.05, 0.1) is 25.4 Å². The minimum atomic E-state index is -0.302. The van der Waals surface area contributed by atoms with Crippen molar-refractivity contribution in [2.75, 3.05) is 19.8 Å². The van der Waals surface area contributed by atoms with Crippen molar-refractivity contribution in [1.82, 2.24) is 0 Å². The van der Waals surface area contributed by atoms with E-state index in [0.717, 1.165) is 49.0 Å². The monoisotopic (exact) mass is 528 g/mol. The minimum absolute atomic E-state index is 0.138. The Kier molecular flexibility index (Phi) is 12.8. The summed E-state index contributed by atoms with van der Waals surface area (Å²) in [5, 5.41) is 0. The molecule has 0 N–H and O–H groups in total. The number of unbranched alkanes of at least 4 members (excludes halogenated alkanes) is 1. The maximum atomic E-state index is 12.0. The summed E-state index contributed by atoms with van der Waals surface area (Å²) in [6.07, 6.45) is 9.15. The van der Waals surface area contributed by atoms with Crippen LogP contribution < -0.4 is 4.74 Å². The fourth-order valence-electron chi connectivity index (χ4n) is 4.38. The third-order valence-electron chi connectivity index (χ3n) is 6.43. The molecule has 1 unspecified atom stereocenters. The van der Waals surface area contributed by atoms with Gasteiger partial charge in [0.15, 0.2) is 0 Å². The topological polar surface area (TPSA) is 61.8 Å². The molecule has 5 heteroatoms. The maximum Gasteiger partial charge on any atom is 0.338 e. The van der Waals surface area contributed by atoms with Crippen LogP contribution in [0.25, 0.3) is 6.08 Å². The van der Waals surface area contributed by atoms with Gasteiger partial charge >= 0.3 is 11.9 Å². The van der Waals surface area contributed by atoms with Crippen LogP contribution in [0.3, 0.4) is 0 Å². The molecule has 3 rings (SSSR count). The van der Waals surface area contributed by atoms with E-state index in [9.17, 15) is 9.59 Å². The number of para-hydroxylation sites is 1. The molecule has 0 saturated heterocycles. The zero-order valence-electron chi connectivity index (χ0n) is 23.1. The molecular formula is C34H40O5. The van der Waals surface area contributed by atoms with Crippen LogP contribution in [0.1, 0.15) is 66.6 Å². The molecule has 0 fully saturated rings. The van der Waals surface area contributed by atoms with Crippen LogP contribution >= 0.6 is 0 Å². The van der Waals surface area contributed by atoms with Gasteiger partial charge in [0, 0.05) is 18.4 Å². The minimum Gasteiger partial charge on any atom is -0.493 e. The van der Waals surface area contributed by atoms with Gasteiger partial charge in [0.25, 0.3) is 0 Å². The van der Waals surface area contributed by atoms with Crippen LogP contribution in [0.15, 0.2) is 84.9 Å². The third kappa shape index (κ3) is 10.8. The lowest BCUT2D eigenvalue weighted by Crippen LogP contribution is -2.07. The van der Waals surface area contributed by atoms with E-state index in [4.69, 9.17) is 14.2 Å². The average molecular weight is 529 g/mol. The lowest BCUT2D eigenvalue weighted by molar-refractivity contribution is -0.143. The third-order valence-corrected chi connectivity index (χ3v) is 6.43. The Hall–Kier alpha value is -3.86. The van der Waals surface area contributed by atoms with Gasteiger partial charge in [0.2, 0.25) is 0 Å². The number of hydrogen-bond acceptors (Lipinski definition) is 5. The van der Waals surface area contributed by atoms with E-state index < -0.39 is 0 Å². The molecule has 1 atom stereocenters. The van der Waals surface area contributed by atoms with E-state index in [1.165, 1.54) is 5.56 Å². The van der Waals surface area contributed by atoms with Gasteiger partial charge in [-0.2, -0.15) is 0 Å². The van der Waals surface area contributed by atoms with Crippen molar-refractivity contribution < 1.29 is 23.8 Å². The molecular weight excluding hydrogens is 488 g/mol. The first-order chi connectivity index (χ1) is 19.1. The summed E-state index contributed by atoms with van der Waals surface area (Å²) in [6, 6.07) is 26.1. The fraction of sp³-hybridized carbons (Fsp3) is 0.353. The Balaban J connectivity index is 1.66. The number of hydrogen-bond donors (Lipinski definition) is 0. The Bertz CT molecular complexity index is 1170. The van der Waals surface area contributed by atoms with Gasteiger partial charge in [-0.1, -0.05) is 79.2 Å². The number of ether oxygens (including phenoxy) is 3. The molecule has 0 bridgehead atoms. The van der Waals surface area contributed by atoms with Crippen molar-refractivity contribution in [2.24, 2.45) is 5.92 Å². The molecule has 0 aliphatic carbocycles. The lowest BCUT2D eigenvalue weighted by Gasteiger charge is -2.14. The van der Waals surface area contributed by atoms with Gasteiger partial charge in [-0.15, -0.1) is 0 Å². The fourth-order valence-corrected chi connectivity index (χ4v) is 4.38. The standard InChI is InChI=1S/C34H40O5/c1-3-37-33(35)17-11-8-14-28(26-29-19-22-31(23-20-29)34(36)38-4-2)18-21-30-15-9-10-16-32(30)39-25-24-27-12-6-5-7-13-27/h5-7,9-10,12-13,15-16,18-23,28H,3-4,8,11,14,17,24-26H2,1-2H3/b21-18+. The van der Waals surface area contributed by atoms with Crippen LogP contribution in [0.2, 0.25) is 0 Å². The number of rotatable bonds is 16. The Morgan fingerprint density at radius 3 is 2.26 bits per heavy atom. The van der Waals surface area contributed by atoms with E-state index in [2.05, 4.69) is 30.4 Å². The molecule has 0 aliphatic rings. The highest BCUT2D eigenvalue weighted by Crippen LogP contribution is 2.24. The molecule has 0 spiro atoms. The SMILES string of the molecule is CCOC(=O)CCCCC(/C=C/c1ccccc1OCCc1ccccc1)Cc1ccc(C(=O)OCC)cc1. The van der Waals surface area contributed by atoms with Crippen molar-refractivity contribution in [3.8, 4) is 5.75 Å². The first-order valence-electron chi connectivity index (χ1n) is 13.9. The first kappa shape index (κ1) is 29.7. The van der Waals surface area contributed by atoms with Gasteiger partial charge in [0.1, 0.15) is 5.75 Å². The molecule has 3 aromatic carbocycles. The van der Waals surface area contributed by atoms with E-state index >= 15 is 0 Å². The highest BCUT2D eigenvalue weighted by molar-refractivity contribution is 5.89. The zero-order valence-corrected chi connectivity index (χ0v) is 23.1. The number of carbonyl (C=O) groups excluding carboxylic acids is 2. The molecule has 0 amide bonds. The molecule has 3 aromatic rings. The number of benzene rings is 3. The molecule has 206 valence electrons. The second-order valence-corrected chi connectivity index (χ2v) is 9.41. The van der Waals surface area contributed by atoms with Gasteiger partial charge in [-0.25, -0.2) is 4.79 Å². The molecule has 0 aromatic heterocycles. The van der Waals surface area contributed by atoms with E-state index in [-0.39, 0.29) is 17.9 Å². The first-order valence-corrected chi connectivity index (χ1v) is 13.9. The zero-order chi connectivity index (χ0) is 27.7. The summed E-state index contributed by atoms with van der Waals surface area (Å²) >= 11 is 0. The predicted octanol–water partition coefficient (Wildman–Crippen LogP) is 7.48. The molecule has 39 heavy (non-hydrogen) atoms. The number of esters is 2. The summed E-state index contributed by atoms with van der Waals surface area (Å²) in [5.74, 6) is 0.687. The molecule has 0 aliphatic heterocycles. The summed E-state index contributed by atoms with van der Waals surface area (Å²) in [4.78, 5) is 23.8. The normalized spacial score (nSPS) is 11.7. The van der Waals surface area contributed by atoms with E-state index in [1.54, 1.807) is 6.92 Å². The molecule has 0 radical (unpaired) electrons. The van der Waals surface area contributed by atoms with E-state index in [0.29, 0.717) is 31.8 Å². The van der Waals surface area contributed by atoms with Crippen molar-refractivity contribution in [3.05, 3.63) is 107 Å². The van der Waals surface area contributed by atoms with Crippen molar-refractivity contribution in [1.29, 1.82) is 0 Å². The Morgan fingerprint density at radius 2 is 1.51 bits per heavy atom. The summed E-state index contributed by atoms with van der Waals surface area (Å²) in [5.41, 5.74) is 4.00.